The van der Waals surface area contributed by atoms with Crippen LogP contribution in [-0.2, 0) is 0 Å². The average Bonchev–Trinajstić information content (AvgIpc) is 2.36. The van der Waals surface area contributed by atoms with Crippen LogP contribution in [0, 0.1) is 6.92 Å². The number of hydrogen-bond donors (Lipinski definition) is 1. The number of benzene rings is 1. The van der Waals surface area contributed by atoms with Crippen LogP contribution in [0.15, 0.2) is 18.2 Å². The van der Waals surface area contributed by atoms with E-state index in [9.17, 15) is 0 Å². The molecule has 18 heavy (non-hydrogen) atoms. The third kappa shape index (κ3) is 4.21. The molecule has 0 aromatic heterocycles. The maximum Gasteiger partial charge on any atom is 0.123 e. The van der Waals surface area contributed by atoms with E-state index >= 15 is 0 Å². The molecule has 1 N–H and O–H groups in total. The van der Waals surface area contributed by atoms with Crippen molar-refractivity contribution in [1.82, 2.24) is 5.32 Å². The Morgan fingerprint density at radius 3 is 2.61 bits per heavy atom. The van der Waals surface area contributed by atoms with Crippen molar-refractivity contribution >= 4 is 11.8 Å². The van der Waals surface area contributed by atoms with Crippen molar-refractivity contribution in [2.45, 2.75) is 38.5 Å². The van der Waals surface area contributed by atoms with Gasteiger partial charge in [-0.05, 0) is 40.0 Å². The molecule has 0 aliphatic carbocycles. The molecule has 0 bridgehead atoms. The number of hydrogen-bond acceptors (Lipinski definition) is 3. The molecule has 0 radical (unpaired) electrons. The number of methoxy groups -OCH3 is 1. The Labute approximate surface area is 116 Å². The van der Waals surface area contributed by atoms with E-state index in [1.54, 1.807) is 7.11 Å². The lowest BCUT2D eigenvalue weighted by Gasteiger charge is -2.26. The van der Waals surface area contributed by atoms with Gasteiger partial charge in [-0.25, -0.2) is 0 Å². The molecule has 1 unspecified atom stereocenters. The van der Waals surface area contributed by atoms with Crippen LogP contribution in [-0.4, -0.2) is 24.7 Å². The SMILES string of the molecule is COc1ccc(C)cc1C(C)NCC(C)(C)SC. The standard InChI is InChI=1S/C15H25NOS/c1-11-7-8-14(17-5)13(9-11)12(2)16-10-15(3,4)18-6/h7-9,12,16H,10H2,1-6H3. The summed E-state index contributed by atoms with van der Waals surface area (Å²) in [5.41, 5.74) is 2.50. The molecule has 0 heterocycles. The lowest BCUT2D eigenvalue weighted by atomic mass is 10.0. The Kier molecular flexibility index (Phi) is 5.54. The highest BCUT2D eigenvalue weighted by atomic mass is 32.2. The maximum absolute atomic E-state index is 5.43. The Bertz CT molecular complexity index is 390. The van der Waals surface area contributed by atoms with Crippen molar-refractivity contribution in [3.05, 3.63) is 29.3 Å². The first-order chi connectivity index (χ1) is 8.39. The molecule has 102 valence electrons. The van der Waals surface area contributed by atoms with Crippen molar-refractivity contribution < 1.29 is 4.74 Å². The molecule has 2 nitrogen and oxygen atoms in total. The van der Waals surface area contributed by atoms with Gasteiger partial charge < -0.3 is 10.1 Å². The minimum Gasteiger partial charge on any atom is -0.496 e. The summed E-state index contributed by atoms with van der Waals surface area (Å²) in [6.07, 6.45) is 2.15. The molecule has 0 aliphatic rings. The first-order valence-electron chi connectivity index (χ1n) is 6.32. The molecule has 0 spiro atoms. The number of ether oxygens (including phenoxy) is 1. The van der Waals surface area contributed by atoms with Crippen LogP contribution >= 0.6 is 11.8 Å². The molecule has 1 aromatic carbocycles. The first kappa shape index (κ1) is 15.4. The van der Waals surface area contributed by atoms with E-state index < -0.39 is 0 Å². The molecule has 1 atom stereocenters. The highest BCUT2D eigenvalue weighted by molar-refractivity contribution is 7.99. The summed E-state index contributed by atoms with van der Waals surface area (Å²) >= 11 is 1.88. The Hall–Kier alpha value is -0.670. The minimum atomic E-state index is 0.255. The maximum atomic E-state index is 5.43. The molecular weight excluding hydrogens is 242 g/mol. The van der Waals surface area contributed by atoms with Gasteiger partial charge in [0.05, 0.1) is 7.11 Å². The normalized spacial score (nSPS) is 13.4. The smallest absolute Gasteiger partial charge is 0.123 e. The summed E-state index contributed by atoms with van der Waals surface area (Å²) in [5, 5.41) is 3.59. The predicted molar refractivity (Wildman–Crippen MR) is 81.7 cm³/mol. The van der Waals surface area contributed by atoms with E-state index in [1.807, 2.05) is 17.8 Å². The number of thioether (sulfide) groups is 1. The van der Waals surface area contributed by atoms with Crippen molar-refractivity contribution in [3.8, 4) is 5.75 Å². The minimum absolute atomic E-state index is 0.255. The monoisotopic (exact) mass is 267 g/mol. The summed E-state index contributed by atoms with van der Waals surface area (Å²) in [5.74, 6) is 0.961. The zero-order chi connectivity index (χ0) is 13.8. The molecule has 0 aliphatic heterocycles. The van der Waals surface area contributed by atoms with Gasteiger partial charge in [0.2, 0.25) is 0 Å². The number of aryl methyl sites for hydroxylation is 1. The van der Waals surface area contributed by atoms with Gasteiger partial charge >= 0.3 is 0 Å². The quantitative estimate of drug-likeness (QED) is 0.847. The highest BCUT2D eigenvalue weighted by Crippen LogP contribution is 2.27. The van der Waals surface area contributed by atoms with Crippen LogP contribution in [0.25, 0.3) is 0 Å². The van der Waals surface area contributed by atoms with Crippen LogP contribution in [0.4, 0.5) is 0 Å². The van der Waals surface area contributed by atoms with Gasteiger partial charge in [0.1, 0.15) is 5.75 Å². The van der Waals surface area contributed by atoms with Crippen molar-refractivity contribution in [3.63, 3.8) is 0 Å². The summed E-state index contributed by atoms with van der Waals surface area (Å²) in [6, 6.07) is 6.62. The van der Waals surface area contributed by atoms with Gasteiger partial charge in [0, 0.05) is 22.9 Å². The third-order valence-electron chi connectivity index (χ3n) is 3.24. The van der Waals surface area contributed by atoms with Crippen LogP contribution in [0.5, 0.6) is 5.75 Å². The first-order valence-corrected chi connectivity index (χ1v) is 7.55. The highest BCUT2D eigenvalue weighted by Gasteiger charge is 2.18. The fourth-order valence-corrected chi connectivity index (χ4v) is 2.00. The molecule has 1 aromatic rings. The topological polar surface area (TPSA) is 21.3 Å². The van der Waals surface area contributed by atoms with Gasteiger partial charge in [-0.3, -0.25) is 0 Å². The van der Waals surface area contributed by atoms with Gasteiger partial charge in [0.25, 0.3) is 0 Å². The van der Waals surface area contributed by atoms with Crippen molar-refractivity contribution in [2.75, 3.05) is 19.9 Å². The molecule has 0 saturated heterocycles. The van der Waals surface area contributed by atoms with Crippen molar-refractivity contribution in [1.29, 1.82) is 0 Å². The van der Waals surface area contributed by atoms with Gasteiger partial charge in [0.15, 0.2) is 0 Å². The zero-order valence-corrected chi connectivity index (χ0v) is 13.1. The second-order valence-electron chi connectivity index (χ2n) is 5.31. The fraction of sp³-hybridized carbons (Fsp3) is 0.600. The third-order valence-corrected chi connectivity index (χ3v) is 4.49. The van der Waals surface area contributed by atoms with E-state index in [-0.39, 0.29) is 4.75 Å². The Balaban J connectivity index is 2.77. The second kappa shape index (κ2) is 6.48. The van der Waals surface area contributed by atoms with Crippen molar-refractivity contribution in [2.24, 2.45) is 0 Å². The summed E-state index contributed by atoms with van der Waals surface area (Å²) in [7, 11) is 1.73. The van der Waals surface area contributed by atoms with Crippen LogP contribution in [0.3, 0.4) is 0 Å². The summed E-state index contributed by atoms with van der Waals surface area (Å²) < 4.78 is 5.69. The predicted octanol–water partition coefficient (Wildman–Crippen LogP) is 3.80. The lowest BCUT2D eigenvalue weighted by Crippen LogP contribution is -2.33. The number of rotatable bonds is 6. The fourth-order valence-electron chi connectivity index (χ4n) is 1.77. The lowest BCUT2D eigenvalue weighted by molar-refractivity contribution is 0.400. The second-order valence-corrected chi connectivity index (χ2v) is 6.83. The van der Waals surface area contributed by atoms with Gasteiger partial charge in [-0.2, -0.15) is 11.8 Å². The molecule has 1 rings (SSSR count). The van der Waals surface area contributed by atoms with E-state index in [2.05, 4.69) is 51.4 Å². The zero-order valence-electron chi connectivity index (χ0n) is 12.3. The summed E-state index contributed by atoms with van der Waals surface area (Å²) in [6.45, 7) is 9.79. The largest absolute Gasteiger partial charge is 0.496 e. The van der Waals surface area contributed by atoms with Gasteiger partial charge in [-0.1, -0.05) is 17.7 Å². The molecular formula is C15H25NOS. The van der Waals surface area contributed by atoms with Gasteiger partial charge in [-0.15, -0.1) is 0 Å². The number of nitrogens with one attached hydrogen (secondary N) is 1. The van der Waals surface area contributed by atoms with E-state index in [0.717, 1.165) is 12.3 Å². The Morgan fingerprint density at radius 1 is 1.39 bits per heavy atom. The average molecular weight is 267 g/mol. The van der Waals surface area contributed by atoms with Crippen LogP contribution in [0.1, 0.15) is 37.9 Å². The molecule has 0 amide bonds. The molecule has 0 fully saturated rings. The summed E-state index contributed by atoms with van der Waals surface area (Å²) in [4.78, 5) is 0. The molecule has 0 saturated carbocycles. The van der Waals surface area contributed by atoms with E-state index in [4.69, 9.17) is 4.74 Å². The van der Waals surface area contributed by atoms with Crippen LogP contribution < -0.4 is 10.1 Å². The van der Waals surface area contributed by atoms with E-state index in [1.165, 1.54) is 11.1 Å². The Morgan fingerprint density at radius 2 is 2.06 bits per heavy atom. The van der Waals surface area contributed by atoms with E-state index in [0.29, 0.717) is 6.04 Å². The van der Waals surface area contributed by atoms with Crippen LogP contribution in [0.2, 0.25) is 0 Å². The molecule has 3 heteroatoms.